The van der Waals surface area contributed by atoms with E-state index < -0.39 is 0 Å². The fraction of sp³-hybridized carbons (Fsp3) is 0.500. The Hall–Kier alpha value is -2.42. The van der Waals surface area contributed by atoms with Crippen molar-refractivity contribution >= 4 is 11.3 Å². The van der Waals surface area contributed by atoms with E-state index in [2.05, 4.69) is 51.2 Å². The fourth-order valence-corrected chi connectivity index (χ4v) is 4.04. The number of hydrogen-bond donors (Lipinski definition) is 2. The predicted octanol–water partition coefficient (Wildman–Crippen LogP) is 7.99. The Morgan fingerprint density at radius 1 is 0.935 bits per heavy atom. The Morgan fingerprint density at radius 2 is 1.65 bits per heavy atom. The normalized spacial score (nSPS) is 13.9. The summed E-state index contributed by atoms with van der Waals surface area (Å²) in [5.74, 6) is 1.39. The number of phenolic OH excluding ortho intramolecular Hbond substituents is 1. The summed E-state index contributed by atoms with van der Waals surface area (Å²) < 4.78 is 5.52. The Labute approximate surface area is 189 Å². The van der Waals surface area contributed by atoms with Gasteiger partial charge in [-0.05, 0) is 75.9 Å². The summed E-state index contributed by atoms with van der Waals surface area (Å²) in [7, 11) is 0. The zero-order chi connectivity index (χ0) is 22.7. The van der Waals surface area contributed by atoms with Crippen LogP contribution in [0.3, 0.4) is 0 Å². The maximum absolute atomic E-state index is 9.55. The average molecular weight is 424 g/mol. The van der Waals surface area contributed by atoms with Crippen molar-refractivity contribution < 1.29 is 9.84 Å². The molecule has 0 spiro atoms. The van der Waals surface area contributed by atoms with Crippen LogP contribution in [0.5, 0.6) is 11.5 Å². The minimum atomic E-state index is 0.0320. The van der Waals surface area contributed by atoms with Crippen molar-refractivity contribution in [1.82, 2.24) is 0 Å². The highest BCUT2D eigenvalue weighted by Gasteiger charge is 2.22. The van der Waals surface area contributed by atoms with Crippen LogP contribution in [0.15, 0.2) is 48.5 Å². The molecular weight excluding hydrogens is 382 g/mol. The lowest BCUT2D eigenvalue weighted by atomic mass is 9.91. The second kappa shape index (κ2) is 12.4. The Balaban J connectivity index is 0.000000221. The summed E-state index contributed by atoms with van der Waals surface area (Å²) in [5, 5.41) is 13.1. The number of aromatic hydroxyl groups is 1. The summed E-state index contributed by atoms with van der Waals surface area (Å²) in [5.41, 5.74) is 4.86. The van der Waals surface area contributed by atoms with Gasteiger partial charge < -0.3 is 15.2 Å². The molecule has 0 aromatic heterocycles. The molecule has 0 saturated heterocycles. The molecule has 0 saturated carbocycles. The molecule has 3 nitrogen and oxygen atoms in total. The van der Waals surface area contributed by atoms with Gasteiger partial charge in [0.15, 0.2) is 0 Å². The number of rotatable bonds is 9. The number of phenols is 1. The zero-order valence-corrected chi connectivity index (χ0v) is 20.1. The minimum Gasteiger partial charge on any atom is -0.508 e. The molecule has 170 valence electrons. The van der Waals surface area contributed by atoms with Gasteiger partial charge in [-0.2, -0.15) is 0 Å². The van der Waals surface area contributed by atoms with Gasteiger partial charge in [-0.3, -0.25) is 0 Å². The molecule has 3 rings (SSSR count). The van der Waals surface area contributed by atoms with Gasteiger partial charge in [0, 0.05) is 11.3 Å². The lowest BCUT2D eigenvalue weighted by molar-refractivity contribution is 0.340. The van der Waals surface area contributed by atoms with Crippen molar-refractivity contribution in [2.45, 2.75) is 85.1 Å². The van der Waals surface area contributed by atoms with Gasteiger partial charge >= 0.3 is 0 Å². The SMILES string of the molecule is CCCCCCCCc1ccccc1O.CCOc1ccc2c(c1)C(C)=CC(C)(C)N2. The first kappa shape index (κ1) is 24.8. The van der Waals surface area contributed by atoms with E-state index in [1.54, 1.807) is 6.07 Å². The molecule has 0 radical (unpaired) electrons. The lowest BCUT2D eigenvalue weighted by Crippen LogP contribution is -2.31. The van der Waals surface area contributed by atoms with Crippen LogP contribution >= 0.6 is 0 Å². The number of aryl methyl sites for hydroxylation is 1. The van der Waals surface area contributed by atoms with E-state index in [1.165, 1.54) is 55.3 Å². The number of allylic oxidation sites excluding steroid dienone is 1. The van der Waals surface area contributed by atoms with Crippen LogP contribution in [0.2, 0.25) is 0 Å². The molecule has 0 bridgehead atoms. The summed E-state index contributed by atoms with van der Waals surface area (Å²) in [6, 6.07) is 13.9. The Bertz CT molecular complexity index is 839. The first-order chi connectivity index (χ1) is 14.9. The van der Waals surface area contributed by atoms with E-state index >= 15 is 0 Å². The molecule has 2 aromatic carbocycles. The lowest BCUT2D eigenvalue weighted by Gasteiger charge is -2.31. The third kappa shape index (κ3) is 8.32. The maximum atomic E-state index is 9.55. The highest BCUT2D eigenvalue weighted by Crippen LogP contribution is 2.35. The van der Waals surface area contributed by atoms with Crippen molar-refractivity contribution in [1.29, 1.82) is 0 Å². The molecular formula is C28H41NO2. The van der Waals surface area contributed by atoms with Gasteiger partial charge in [0.05, 0.1) is 12.1 Å². The Kier molecular flexibility index (Phi) is 9.97. The number of benzene rings is 2. The zero-order valence-electron chi connectivity index (χ0n) is 20.1. The molecule has 31 heavy (non-hydrogen) atoms. The molecule has 1 heterocycles. The molecule has 0 aliphatic carbocycles. The van der Waals surface area contributed by atoms with E-state index in [0.717, 1.165) is 17.7 Å². The van der Waals surface area contributed by atoms with Crippen molar-refractivity contribution in [2.75, 3.05) is 11.9 Å². The molecule has 3 heteroatoms. The van der Waals surface area contributed by atoms with Crippen molar-refractivity contribution in [3.63, 3.8) is 0 Å². The van der Waals surface area contributed by atoms with Crippen LogP contribution in [-0.2, 0) is 6.42 Å². The largest absolute Gasteiger partial charge is 0.508 e. The molecule has 0 fully saturated rings. The molecule has 0 amide bonds. The summed E-state index contributed by atoms with van der Waals surface area (Å²) in [6.45, 7) is 11.5. The minimum absolute atomic E-state index is 0.0320. The molecule has 0 atom stereocenters. The van der Waals surface area contributed by atoms with E-state index in [4.69, 9.17) is 4.74 Å². The number of ether oxygens (including phenoxy) is 1. The van der Waals surface area contributed by atoms with Gasteiger partial charge in [-0.1, -0.05) is 63.3 Å². The number of hydrogen-bond acceptors (Lipinski definition) is 3. The van der Waals surface area contributed by atoms with Crippen molar-refractivity contribution in [3.05, 3.63) is 59.7 Å². The van der Waals surface area contributed by atoms with Crippen LogP contribution in [-0.4, -0.2) is 17.3 Å². The molecule has 0 unspecified atom stereocenters. The van der Waals surface area contributed by atoms with E-state index in [9.17, 15) is 5.11 Å². The highest BCUT2D eigenvalue weighted by atomic mass is 16.5. The van der Waals surface area contributed by atoms with Gasteiger partial charge in [-0.25, -0.2) is 0 Å². The van der Waals surface area contributed by atoms with Crippen LogP contribution < -0.4 is 10.1 Å². The summed E-state index contributed by atoms with van der Waals surface area (Å²) in [6.07, 6.45) is 11.1. The third-order valence-electron chi connectivity index (χ3n) is 5.55. The smallest absolute Gasteiger partial charge is 0.120 e. The van der Waals surface area contributed by atoms with Crippen molar-refractivity contribution in [2.24, 2.45) is 0 Å². The standard InChI is InChI=1S/C14H19NO.C14H22O/c1-5-16-11-6-7-13-12(8-11)10(2)9-14(3,4)15-13;1-2-3-4-5-6-7-10-13-11-8-9-12-14(13)15/h6-9,15H,5H2,1-4H3;8-9,11-12,15H,2-7,10H2,1H3. The summed E-state index contributed by atoms with van der Waals surface area (Å²) in [4.78, 5) is 0. The van der Waals surface area contributed by atoms with Gasteiger partial charge in [-0.15, -0.1) is 0 Å². The second-order valence-corrected chi connectivity index (χ2v) is 8.96. The maximum Gasteiger partial charge on any atom is 0.120 e. The topological polar surface area (TPSA) is 41.5 Å². The van der Waals surface area contributed by atoms with Gasteiger partial charge in [0.1, 0.15) is 11.5 Å². The quantitative estimate of drug-likeness (QED) is 0.402. The second-order valence-electron chi connectivity index (χ2n) is 8.96. The predicted molar refractivity (Wildman–Crippen MR) is 134 cm³/mol. The van der Waals surface area contributed by atoms with Crippen LogP contribution in [0, 0.1) is 0 Å². The van der Waals surface area contributed by atoms with Crippen LogP contribution in [0.4, 0.5) is 5.69 Å². The number of fused-ring (bicyclic) bond motifs is 1. The average Bonchev–Trinajstić information content (AvgIpc) is 2.72. The number of nitrogens with one attached hydrogen (secondary N) is 1. The molecule has 2 N–H and O–H groups in total. The molecule has 1 aliphatic rings. The first-order valence-electron chi connectivity index (χ1n) is 11.9. The third-order valence-corrected chi connectivity index (χ3v) is 5.55. The molecule has 2 aromatic rings. The van der Waals surface area contributed by atoms with Gasteiger partial charge in [0.25, 0.3) is 0 Å². The van der Waals surface area contributed by atoms with E-state index in [0.29, 0.717) is 12.4 Å². The number of anilines is 1. The van der Waals surface area contributed by atoms with Crippen molar-refractivity contribution in [3.8, 4) is 11.5 Å². The highest BCUT2D eigenvalue weighted by molar-refractivity contribution is 5.80. The number of para-hydroxylation sites is 1. The van der Waals surface area contributed by atoms with E-state index in [1.807, 2.05) is 31.2 Å². The number of unbranched alkanes of at least 4 members (excludes halogenated alkanes) is 5. The first-order valence-corrected chi connectivity index (χ1v) is 11.9. The Morgan fingerprint density at radius 3 is 2.35 bits per heavy atom. The monoisotopic (exact) mass is 423 g/mol. The van der Waals surface area contributed by atoms with E-state index in [-0.39, 0.29) is 5.54 Å². The van der Waals surface area contributed by atoms with Crippen LogP contribution in [0.1, 0.15) is 84.3 Å². The van der Waals surface area contributed by atoms with Gasteiger partial charge in [0.2, 0.25) is 0 Å². The van der Waals surface area contributed by atoms with Crippen LogP contribution in [0.25, 0.3) is 5.57 Å². The fourth-order valence-electron chi connectivity index (χ4n) is 4.04. The molecule has 1 aliphatic heterocycles. The summed E-state index contributed by atoms with van der Waals surface area (Å²) >= 11 is 0.